The standard InChI is InChI=1S/C13H17N5O/c1-9(13-17-15-8-18(13)2)16-12(19)7-10-3-5-11(14)6-4-10/h3-6,8-9H,7,14H2,1-2H3,(H,16,19). The summed E-state index contributed by atoms with van der Waals surface area (Å²) in [5.41, 5.74) is 7.22. The molecule has 2 aromatic rings. The van der Waals surface area contributed by atoms with Crippen molar-refractivity contribution in [2.24, 2.45) is 7.05 Å². The van der Waals surface area contributed by atoms with Gasteiger partial charge in [-0.05, 0) is 24.6 Å². The van der Waals surface area contributed by atoms with Gasteiger partial charge < -0.3 is 15.6 Å². The first kappa shape index (κ1) is 13.1. The molecule has 6 nitrogen and oxygen atoms in total. The number of aryl methyl sites for hydroxylation is 1. The number of anilines is 1. The zero-order valence-electron chi connectivity index (χ0n) is 11.0. The summed E-state index contributed by atoms with van der Waals surface area (Å²) in [6.45, 7) is 1.88. The van der Waals surface area contributed by atoms with Gasteiger partial charge in [-0.15, -0.1) is 10.2 Å². The molecule has 1 heterocycles. The molecule has 19 heavy (non-hydrogen) atoms. The zero-order chi connectivity index (χ0) is 13.8. The summed E-state index contributed by atoms with van der Waals surface area (Å²) in [6, 6.07) is 7.10. The highest BCUT2D eigenvalue weighted by Crippen LogP contribution is 2.09. The largest absolute Gasteiger partial charge is 0.399 e. The normalized spacial score (nSPS) is 12.1. The highest BCUT2D eigenvalue weighted by atomic mass is 16.1. The van der Waals surface area contributed by atoms with E-state index in [1.807, 2.05) is 26.1 Å². The molecular formula is C13H17N5O. The molecule has 1 aromatic heterocycles. The molecule has 0 saturated carbocycles. The van der Waals surface area contributed by atoms with Gasteiger partial charge >= 0.3 is 0 Å². The van der Waals surface area contributed by atoms with Gasteiger partial charge in [0.25, 0.3) is 0 Å². The smallest absolute Gasteiger partial charge is 0.224 e. The molecule has 1 unspecified atom stereocenters. The number of nitrogen functional groups attached to an aromatic ring is 1. The van der Waals surface area contributed by atoms with Crippen LogP contribution in [0.15, 0.2) is 30.6 Å². The van der Waals surface area contributed by atoms with Crippen molar-refractivity contribution >= 4 is 11.6 Å². The van der Waals surface area contributed by atoms with Gasteiger partial charge in [-0.2, -0.15) is 0 Å². The van der Waals surface area contributed by atoms with Crippen LogP contribution in [-0.4, -0.2) is 20.7 Å². The quantitative estimate of drug-likeness (QED) is 0.796. The lowest BCUT2D eigenvalue weighted by Gasteiger charge is -2.13. The van der Waals surface area contributed by atoms with Gasteiger partial charge in [0, 0.05) is 12.7 Å². The van der Waals surface area contributed by atoms with E-state index in [-0.39, 0.29) is 11.9 Å². The number of carbonyl (C=O) groups excluding carboxylic acids is 1. The predicted octanol–water partition coefficient (Wildman–Crippen LogP) is 0.817. The molecule has 6 heteroatoms. The number of amides is 1. The Morgan fingerprint density at radius 3 is 2.68 bits per heavy atom. The van der Waals surface area contributed by atoms with E-state index < -0.39 is 0 Å². The molecule has 0 spiro atoms. The Morgan fingerprint density at radius 2 is 2.11 bits per heavy atom. The second-order valence-corrected chi connectivity index (χ2v) is 4.51. The number of nitrogens with two attached hydrogens (primary N) is 1. The van der Waals surface area contributed by atoms with E-state index >= 15 is 0 Å². The average molecular weight is 259 g/mol. The summed E-state index contributed by atoms with van der Waals surface area (Å²) >= 11 is 0. The number of aromatic nitrogens is 3. The Bertz CT molecular complexity index is 561. The molecule has 3 N–H and O–H groups in total. The summed E-state index contributed by atoms with van der Waals surface area (Å²) in [7, 11) is 1.85. The van der Waals surface area contributed by atoms with Crippen molar-refractivity contribution in [1.29, 1.82) is 0 Å². The van der Waals surface area contributed by atoms with Gasteiger partial charge in [-0.1, -0.05) is 12.1 Å². The molecule has 0 aliphatic heterocycles. The SMILES string of the molecule is CC(NC(=O)Cc1ccc(N)cc1)c1nncn1C. The second-order valence-electron chi connectivity index (χ2n) is 4.51. The summed E-state index contributed by atoms with van der Waals surface area (Å²) in [6.07, 6.45) is 1.93. The minimum absolute atomic E-state index is 0.0553. The number of hydrogen-bond donors (Lipinski definition) is 2. The van der Waals surface area contributed by atoms with Gasteiger partial charge in [0.05, 0.1) is 12.5 Å². The summed E-state index contributed by atoms with van der Waals surface area (Å²) in [5, 5.41) is 10.7. The van der Waals surface area contributed by atoms with Crippen LogP contribution in [0.25, 0.3) is 0 Å². The first-order chi connectivity index (χ1) is 9.06. The number of hydrogen-bond acceptors (Lipinski definition) is 4. The second kappa shape index (κ2) is 5.51. The molecule has 1 amide bonds. The van der Waals surface area contributed by atoms with Crippen LogP contribution in [-0.2, 0) is 18.3 Å². The predicted molar refractivity (Wildman–Crippen MR) is 72.1 cm³/mol. The zero-order valence-corrected chi connectivity index (χ0v) is 11.0. The van der Waals surface area contributed by atoms with Crippen LogP contribution in [0, 0.1) is 0 Å². The van der Waals surface area contributed by atoms with Crippen molar-refractivity contribution < 1.29 is 4.79 Å². The van der Waals surface area contributed by atoms with E-state index in [1.165, 1.54) is 0 Å². The third-order valence-electron chi connectivity index (χ3n) is 2.86. The van der Waals surface area contributed by atoms with Crippen molar-refractivity contribution in [2.75, 3.05) is 5.73 Å². The maximum Gasteiger partial charge on any atom is 0.224 e. The average Bonchev–Trinajstić information content (AvgIpc) is 2.78. The number of nitrogens with one attached hydrogen (secondary N) is 1. The van der Waals surface area contributed by atoms with Crippen molar-refractivity contribution in [3.63, 3.8) is 0 Å². The molecule has 0 fully saturated rings. The number of benzene rings is 1. The van der Waals surface area contributed by atoms with E-state index in [0.717, 1.165) is 11.4 Å². The van der Waals surface area contributed by atoms with Gasteiger partial charge in [-0.3, -0.25) is 4.79 Å². The van der Waals surface area contributed by atoms with E-state index in [4.69, 9.17) is 5.73 Å². The molecule has 2 rings (SSSR count). The van der Waals surface area contributed by atoms with Crippen molar-refractivity contribution in [1.82, 2.24) is 20.1 Å². The fourth-order valence-corrected chi connectivity index (χ4v) is 1.86. The first-order valence-electron chi connectivity index (χ1n) is 6.04. The van der Waals surface area contributed by atoms with Gasteiger partial charge in [0.2, 0.25) is 5.91 Å². The van der Waals surface area contributed by atoms with Gasteiger partial charge in [0.1, 0.15) is 6.33 Å². The molecule has 0 radical (unpaired) electrons. The van der Waals surface area contributed by atoms with Crippen LogP contribution in [0.2, 0.25) is 0 Å². The number of carbonyl (C=O) groups is 1. The van der Waals surface area contributed by atoms with Crippen molar-refractivity contribution in [2.45, 2.75) is 19.4 Å². The maximum absolute atomic E-state index is 11.9. The lowest BCUT2D eigenvalue weighted by molar-refractivity contribution is -0.121. The molecule has 0 aliphatic carbocycles. The summed E-state index contributed by atoms with van der Waals surface area (Å²) in [5.74, 6) is 0.672. The fraction of sp³-hybridized carbons (Fsp3) is 0.308. The third kappa shape index (κ3) is 3.31. The Labute approximate surface area is 111 Å². The molecule has 1 aromatic carbocycles. The Morgan fingerprint density at radius 1 is 1.42 bits per heavy atom. The molecule has 1 atom stereocenters. The molecule has 0 saturated heterocycles. The monoisotopic (exact) mass is 259 g/mol. The molecular weight excluding hydrogens is 242 g/mol. The Balaban J connectivity index is 1.94. The minimum atomic E-state index is -0.172. The van der Waals surface area contributed by atoms with E-state index in [2.05, 4.69) is 15.5 Å². The highest BCUT2D eigenvalue weighted by molar-refractivity contribution is 5.79. The molecule has 0 aliphatic rings. The summed E-state index contributed by atoms with van der Waals surface area (Å²) in [4.78, 5) is 11.9. The Kier molecular flexibility index (Phi) is 3.79. The van der Waals surface area contributed by atoms with Crippen LogP contribution in [0.1, 0.15) is 24.4 Å². The fourth-order valence-electron chi connectivity index (χ4n) is 1.86. The van der Waals surface area contributed by atoms with Gasteiger partial charge in [0.15, 0.2) is 5.82 Å². The first-order valence-corrected chi connectivity index (χ1v) is 6.04. The summed E-state index contributed by atoms with van der Waals surface area (Å²) < 4.78 is 1.79. The lowest BCUT2D eigenvalue weighted by Crippen LogP contribution is -2.29. The molecule has 0 bridgehead atoms. The Hall–Kier alpha value is -2.37. The van der Waals surface area contributed by atoms with Crippen LogP contribution in [0.4, 0.5) is 5.69 Å². The maximum atomic E-state index is 11.9. The number of nitrogens with zero attached hydrogens (tertiary/aromatic N) is 3. The van der Waals surface area contributed by atoms with Crippen LogP contribution in [0.5, 0.6) is 0 Å². The third-order valence-corrected chi connectivity index (χ3v) is 2.86. The van der Waals surface area contributed by atoms with Crippen LogP contribution in [0.3, 0.4) is 0 Å². The topological polar surface area (TPSA) is 85.8 Å². The lowest BCUT2D eigenvalue weighted by atomic mass is 10.1. The van der Waals surface area contributed by atoms with Crippen molar-refractivity contribution in [3.05, 3.63) is 42.0 Å². The van der Waals surface area contributed by atoms with E-state index in [0.29, 0.717) is 12.1 Å². The van der Waals surface area contributed by atoms with E-state index in [9.17, 15) is 4.79 Å². The van der Waals surface area contributed by atoms with Crippen molar-refractivity contribution in [3.8, 4) is 0 Å². The van der Waals surface area contributed by atoms with Crippen LogP contribution >= 0.6 is 0 Å². The minimum Gasteiger partial charge on any atom is -0.399 e. The highest BCUT2D eigenvalue weighted by Gasteiger charge is 2.14. The number of rotatable bonds is 4. The van der Waals surface area contributed by atoms with E-state index in [1.54, 1.807) is 23.0 Å². The molecule has 100 valence electrons. The van der Waals surface area contributed by atoms with Crippen LogP contribution < -0.4 is 11.1 Å². The van der Waals surface area contributed by atoms with Gasteiger partial charge in [-0.25, -0.2) is 0 Å².